The Kier molecular flexibility index (Phi) is 6.22. The maximum Gasteiger partial charge on any atom is 0.280 e. The van der Waals surface area contributed by atoms with Crippen LogP contribution in [0.1, 0.15) is 31.7 Å². The molecular weight excluding hydrogens is 437 g/mol. The van der Waals surface area contributed by atoms with Crippen molar-refractivity contribution in [3.05, 3.63) is 53.6 Å². The lowest BCUT2D eigenvalue weighted by molar-refractivity contribution is -0.141. The molecule has 4 rings (SSSR count). The van der Waals surface area contributed by atoms with Gasteiger partial charge in [-0.3, -0.25) is 4.98 Å². The Balaban J connectivity index is 1.83. The first-order valence-electron chi connectivity index (χ1n) is 10.3. The third-order valence-corrected chi connectivity index (χ3v) is 4.97. The van der Waals surface area contributed by atoms with Crippen molar-refractivity contribution < 1.29 is 27.4 Å². The maximum atomic E-state index is 13.5. The van der Waals surface area contributed by atoms with Gasteiger partial charge < -0.3 is 19.9 Å². The van der Waals surface area contributed by atoms with Crippen LogP contribution in [-0.2, 0) is 9.47 Å². The van der Waals surface area contributed by atoms with Gasteiger partial charge in [0.1, 0.15) is 24.2 Å². The second-order valence-corrected chi connectivity index (χ2v) is 8.10. The van der Waals surface area contributed by atoms with E-state index in [4.69, 9.17) is 19.9 Å². The standard InChI is InChI=1S/C23H23F3N4O3/c1-12-8-14(9-17(28-12)20(25)26)18-19(13-4-6-15(24)7-5-13)29-22(27)30-21(18)31-10-16-11-32-23(2,3)33-16/h4-9,16,20H,10-11H2,1-3H3,(H2,27,29,30)/t16-/m1/s1. The van der Waals surface area contributed by atoms with Gasteiger partial charge in [0, 0.05) is 11.3 Å². The number of pyridine rings is 1. The summed E-state index contributed by atoms with van der Waals surface area (Å²) in [5.74, 6) is -1.17. The molecule has 0 bridgehead atoms. The topological polar surface area (TPSA) is 92.4 Å². The predicted molar refractivity (Wildman–Crippen MR) is 115 cm³/mol. The van der Waals surface area contributed by atoms with Gasteiger partial charge in [-0.2, -0.15) is 4.98 Å². The molecule has 1 aliphatic rings. The third kappa shape index (κ3) is 5.23. The van der Waals surface area contributed by atoms with Crippen molar-refractivity contribution in [3.8, 4) is 28.3 Å². The second kappa shape index (κ2) is 8.95. The van der Waals surface area contributed by atoms with Crippen LogP contribution >= 0.6 is 0 Å². The molecule has 2 N–H and O–H groups in total. The molecule has 3 aromatic rings. The Hall–Kier alpha value is -3.24. The van der Waals surface area contributed by atoms with Crippen LogP contribution in [-0.4, -0.2) is 40.1 Å². The summed E-state index contributed by atoms with van der Waals surface area (Å²) >= 11 is 0. The Morgan fingerprint density at radius 2 is 1.85 bits per heavy atom. The zero-order chi connectivity index (χ0) is 23.8. The third-order valence-electron chi connectivity index (χ3n) is 4.97. The van der Waals surface area contributed by atoms with E-state index in [1.165, 1.54) is 30.3 Å². The van der Waals surface area contributed by atoms with Crippen molar-refractivity contribution in [2.75, 3.05) is 18.9 Å². The molecule has 0 spiro atoms. The van der Waals surface area contributed by atoms with Crippen LogP contribution < -0.4 is 10.5 Å². The highest BCUT2D eigenvalue weighted by Crippen LogP contribution is 2.39. The number of hydrogen-bond acceptors (Lipinski definition) is 7. The summed E-state index contributed by atoms with van der Waals surface area (Å²) in [6.45, 7) is 5.59. The number of alkyl halides is 2. The van der Waals surface area contributed by atoms with Crippen molar-refractivity contribution in [2.24, 2.45) is 0 Å². The molecule has 2 aromatic heterocycles. The van der Waals surface area contributed by atoms with Crippen LogP contribution in [0, 0.1) is 12.7 Å². The zero-order valence-corrected chi connectivity index (χ0v) is 18.3. The Morgan fingerprint density at radius 1 is 1.12 bits per heavy atom. The number of halogens is 3. The van der Waals surface area contributed by atoms with Gasteiger partial charge in [0.25, 0.3) is 6.43 Å². The van der Waals surface area contributed by atoms with E-state index in [0.717, 1.165) is 0 Å². The van der Waals surface area contributed by atoms with E-state index in [9.17, 15) is 13.2 Å². The van der Waals surface area contributed by atoms with Crippen molar-refractivity contribution in [1.29, 1.82) is 0 Å². The Labute approximate surface area is 188 Å². The molecule has 0 radical (unpaired) electrons. The summed E-state index contributed by atoms with van der Waals surface area (Å²) in [5, 5.41) is 0. The quantitative estimate of drug-likeness (QED) is 0.570. The fourth-order valence-corrected chi connectivity index (χ4v) is 3.61. The molecule has 1 saturated heterocycles. The Bertz CT molecular complexity index is 1160. The van der Waals surface area contributed by atoms with Gasteiger partial charge >= 0.3 is 0 Å². The highest BCUT2D eigenvalue weighted by Gasteiger charge is 2.33. The van der Waals surface area contributed by atoms with Gasteiger partial charge in [-0.15, -0.1) is 0 Å². The molecule has 10 heteroatoms. The van der Waals surface area contributed by atoms with Crippen molar-refractivity contribution in [1.82, 2.24) is 15.0 Å². The molecule has 33 heavy (non-hydrogen) atoms. The van der Waals surface area contributed by atoms with Crippen LogP contribution in [0.15, 0.2) is 36.4 Å². The van der Waals surface area contributed by atoms with Gasteiger partial charge in [0.15, 0.2) is 5.79 Å². The van der Waals surface area contributed by atoms with Gasteiger partial charge in [-0.05, 0) is 62.7 Å². The van der Waals surface area contributed by atoms with E-state index in [2.05, 4.69) is 15.0 Å². The molecule has 0 amide bonds. The highest BCUT2D eigenvalue weighted by molar-refractivity contribution is 5.85. The molecule has 1 aromatic carbocycles. The molecule has 7 nitrogen and oxygen atoms in total. The number of aryl methyl sites for hydroxylation is 1. The van der Waals surface area contributed by atoms with Crippen molar-refractivity contribution in [3.63, 3.8) is 0 Å². The fraction of sp³-hybridized carbons (Fsp3) is 0.348. The molecular formula is C23H23F3N4O3. The minimum absolute atomic E-state index is 0.0842. The number of benzene rings is 1. The van der Waals surface area contributed by atoms with Crippen LogP contribution in [0.25, 0.3) is 22.4 Å². The normalized spacial score (nSPS) is 17.5. The molecule has 174 valence electrons. The number of nitrogens with zero attached hydrogens (tertiary/aromatic N) is 3. The average Bonchev–Trinajstić information content (AvgIpc) is 3.10. The average molecular weight is 460 g/mol. The molecule has 0 saturated carbocycles. The first-order chi connectivity index (χ1) is 15.6. The van der Waals surface area contributed by atoms with Crippen LogP contribution in [0.4, 0.5) is 19.1 Å². The van der Waals surface area contributed by atoms with E-state index in [-0.39, 0.29) is 24.5 Å². The van der Waals surface area contributed by atoms with Crippen LogP contribution in [0.3, 0.4) is 0 Å². The summed E-state index contributed by atoms with van der Waals surface area (Å²) in [7, 11) is 0. The second-order valence-electron chi connectivity index (χ2n) is 8.10. The van der Waals surface area contributed by atoms with Crippen LogP contribution in [0.2, 0.25) is 0 Å². The van der Waals surface area contributed by atoms with E-state index < -0.39 is 23.7 Å². The van der Waals surface area contributed by atoms with E-state index in [1.807, 2.05) is 0 Å². The highest BCUT2D eigenvalue weighted by atomic mass is 19.3. The molecule has 1 fully saturated rings. The summed E-state index contributed by atoms with van der Waals surface area (Å²) in [6, 6.07) is 8.45. The van der Waals surface area contributed by atoms with Gasteiger partial charge in [0.2, 0.25) is 11.8 Å². The molecule has 0 unspecified atom stereocenters. The van der Waals surface area contributed by atoms with E-state index in [1.54, 1.807) is 26.8 Å². The van der Waals surface area contributed by atoms with Gasteiger partial charge in [-0.25, -0.2) is 18.2 Å². The zero-order valence-electron chi connectivity index (χ0n) is 18.3. The minimum atomic E-state index is -2.77. The Morgan fingerprint density at radius 3 is 2.48 bits per heavy atom. The van der Waals surface area contributed by atoms with Crippen LogP contribution in [0.5, 0.6) is 5.88 Å². The maximum absolute atomic E-state index is 13.5. The first kappa shape index (κ1) is 22.9. The number of anilines is 1. The number of nitrogens with two attached hydrogens (primary N) is 1. The number of aromatic nitrogens is 3. The molecule has 3 heterocycles. The monoisotopic (exact) mass is 460 g/mol. The smallest absolute Gasteiger partial charge is 0.280 e. The van der Waals surface area contributed by atoms with Crippen molar-refractivity contribution >= 4 is 5.95 Å². The minimum Gasteiger partial charge on any atom is -0.474 e. The summed E-state index contributed by atoms with van der Waals surface area (Å²) < 4.78 is 57.8. The summed E-state index contributed by atoms with van der Waals surface area (Å²) in [6.07, 6.45) is -3.14. The lowest BCUT2D eigenvalue weighted by Gasteiger charge is -2.19. The van der Waals surface area contributed by atoms with Crippen molar-refractivity contribution in [2.45, 2.75) is 39.1 Å². The molecule has 1 aliphatic heterocycles. The largest absolute Gasteiger partial charge is 0.474 e. The number of nitrogen functional groups attached to an aromatic ring is 1. The lowest BCUT2D eigenvalue weighted by atomic mass is 9.99. The van der Waals surface area contributed by atoms with E-state index in [0.29, 0.717) is 34.7 Å². The molecule has 1 atom stereocenters. The predicted octanol–water partition coefficient (Wildman–Crippen LogP) is 4.70. The summed E-state index contributed by atoms with van der Waals surface area (Å²) in [5.41, 5.74) is 7.46. The number of ether oxygens (including phenoxy) is 3. The fourth-order valence-electron chi connectivity index (χ4n) is 3.61. The SMILES string of the molecule is Cc1cc(-c2c(OC[C@@H]3COC(C)(C)O3)nc(N)nc2-c2ccc(F)cc2)cc(C(F)F)n1. The van der Waals surface area contributed by atoms with E-state index >= 15 is 0 Å². The van der Waals surface area contributed by atoms with Gasteiger partial charge in [0.05, 0.1) is 17.9 Å². The number of hydrogen-bond donors (Lipinski definition) is 1. The number of rotatable bonds is 6. The lowest BCUT2D eigenvalue weighted by Crippen LogP contribution is -2.25. The van der Waals surface area contributed by atoms with Gasteiger partial charge in [-0.1, -0.05) is 0 Å². The first-order valence-corrected chi connectivity index (χ1v) is 10.3. The summed E-state index contributed by atoms with van der Waals surface area (Å²) in [4.78, 5) is 12.4. The molecule has 0 aliphatic carbocycles.